The van der Waals surface area contributed by atoms with E-state index in [1.807, 2.05) is 30.3 Å². The molecule has 3 heterocycles. The van der Waals surface area contributed by atoms with E-state index in [1.165, 1.54) is 29.2 Å². The molecule has 0 bridgehead atoms. The van der Waals surface area contributed by atoms with E-state index in [2.05, 4.69) is 10.1 Å². The Labute approximate surface area is 198 Å². The highest BCUT2D eigenvalue weighted by Crippen LogP contribution is 2.26. The fourth-order valence-electron chi connectivity index (χ4n) is 4.23. The van der Waals surface area contributed by atoms with Crippen LogP contribution in [0, 0.1) is 5.82 Å². The van der Waals surface area contributed by atoms with Crippen molar-refractivity contribution in [3.8, 4) is 5.69 Å². The van der Waals surface area contributed by atoms with Crippen LogP contribution in [0.3, 0.4) is 0 Å². The van der Waals surface area contributed by atoms with E-state index in [1.54, 1.807) is 9.58 Å². The minimum Gasteiger partial charge on any atom is -0.388 e. The number of fused-ring (bicyclic) bond motifs is 1. The van der Waals surface area contributed by atoms with E-state index in [-0.39, 0.29) is 41.4 Å². The number of halogens is 2. The Hall–Kier alpha value is -3.56. The summed E-state index contributed by atoms with van der Waals surface area (Å²) in [4.78, 5) is 31.8. The van der Waals surface area contributed by atoms with Crippen LogP contribution in [0.2, 0.25) is 5.02 Å². The van der Waals surface area contributed by atoms with Crippen LogP contribution in [0.15, 0.2) is 65.8 Å². The highest BCUT2D eigenvalue weighted by Gasteiger charge is 2.35. The maximum absolute atomic E-state index is 13.4. The minimum absolute atomic E-state index is 0.0513. The highest BCUT2D eigenvalue weighted by atomic mass is 35.5. The third-order valence-electron chi connectivity index (χ3n) is 6.17. The molecule has 0 saturated carbocycles. The van der Waals surface area contributed by atoms with Crippen molar-refractivity contribution >= 4 is 28.5 Å². The van der Waals surface area contributed by atoms with Gasteiger partial charge in [0.15, 0.2) is 5.65 Å². The van der Waals surface area contributed by atoms with Crippen LogP contribution in [0.1, 0.15) is 23.2 Å². The average molecular weight is 482 g/mol. The summed E-state index contributed by atoms with van der Waals surface area (Å²) < 4.78 is 16.4. The number of rotatable bonds is 4. The lowest BCUT2D eigenvalue weighted by molar-refractivity contribution is -0.0299. The van der Waals surface area contributed by atoms with Gasteiger partial charge in [0.05, 0.1) is 29.1 Å². The Morgan fingerprint density at radius 1 is 1.15 bits per heavy atom. The van der Waals surface area contributed by atoms with Crippen LogP contribution in [0.4, 0.5) is 4.39 Å². The Balaban J connectivity index is 1.31. The van der Waals surface area contributed by atoms with Crippen molar-refractivity contribution in [2.75, 3.05) is 13.1 Å². The van der Waals surface area contributed by atoms with Crippen LogP contribution in [0.5, 0.6) is 0 Å². The van der Waals surface area contributed by atoms with E-state index in [9.17, 15) is 19.1 Å². The summed E-state index contributed by atoms with van der Waals surface area (Å²) in [5.74, 6) is -0.867. The predicted octanol–water partition coefficient (Wildman–Crippen LogP) is 3.04. The Morgan fingerprint density at radius 3 is 2.59 bits per heavy atom. The number of hydrogen-bond acceptors (Lipinski definition) is 5. The number of amides is 1. The van der Waals surface area contributed by atoms with Crippen molar-refractivity contribution in [3.63, 3.8) is 0 Å². The summed E-state index contributed by atoms with van der Waals surface area (Å²) in [5.41, 5.74) is 0.0579. The van der Waals surface area contributed by atoms with Crippen molar-refractivity contribution in [2.24, 2.45) is 0 Å². The van der Waals surface area contributed by atoms with E-state index in [0.29, 0.717) is 24.1 Å². The van der Waals surface area contributed by atoms with Crippen LogP contribution in [0.25, 0.3) is 16.7 Å². The number of para-hydroxylation sites is 1. The smallest absolute Gasteiger partial charge is 0.264 e. The lowest BCUT2D eigenvalue weighted by Crippen LogP contribution is -2.49. The zero-order valence-electron chi connectivity index (χ0n) is 18.1. The highest BCUT2D eigenvalue weighted by molar-refractivity contribution is 6.31. The first kappa shape index (κ1) is 22.2. The molecule has 10 heteroatoms. The molecule has 8 nitrogen and oxygen atoms in total. The number of likely N-dealkylation sites (tertiary alicyclic amines) is 1. The number of hydrogen-bond donors (Lipinski definition) is 1. The SMILES string of the molecule is O=C(c1ccc(F)c(Cl)c1)N1CCC(O)(Cn2cnc3c(cnn3-c3ccccc3)c2=O)CC1. The molecule has 1 amide bonds. The number of piperidine rings is 1. The molecular formula is C24H21ClFN5O3. The molecular weight excluding hydrogens is 461 g/mol. The molecule has 1 aliphatic rings. The standard InChI is InChI=1S/C24H21ClFN5O3/c25-19-12-16(6-7-20(19)26)22(32)29-10-8-24(34,9-11-29)14-30-15-27-21-18(23(30)33)13-28-31(21)17-4-2-1-3-5-17/h1-7,12-13,15,34H,8-11,14H2. The largest absolute Gasteiger partial charge is 0.388 e. The number of carbonyl (C=O) groups is 1. The monoisotopic (exact) mass is 481 g/mol. The van der Waals surface area contributed by atoms with Crippen LogP contribution < -0.4 is 5.56 Å². The molecule has 0 atom stereocenters. The van der Waals surface area contributed by atoms with Gasteiger partial charge in [-0.1, -0.05) is 29.8 Å². The zero-order valence-corrected chi connectivity index (χ0v) is 18.8. The fraction of sp³-hybridized carbons (Fsp3) is 0.250. The van der Waals surface area contributed by atoms with Crippen molar-refractivity contribution in [3.05, 3.63) is 87.8 Å². The Bertz CT molecular complexity index is 1430. The van der Waals surface area contributed by atoms with Gasteiger partial charge in [0, 0.05) is 18.7 Å². The fourth-order valence-corrected chi connectivity index (χ4v) is 4.41. The molecule has 34 heavy (non-hydrogen) atoms. The molecule has 0 radical (unpaired) electrons. The summed E-state index contributed by atoms with van der Waals surface area (Å²) in [7, 11) is 0. The number of aliphatic hydroxyl groups is 1. The maximum atomic E-state index is 13.4. The molecule has 174 valence electrons. The number of aromatic nitrogens is 4. The second-order valence-electron chi connectivity index (χ2n) is 8.45. The molecule has 1 fully saturated rings. The molecule has 1 saturated heterocycles. The van der Waals surface area contributed by atoms with Crippen molar-refractivity contribution in [1.82, 2.24) is 24.2 Å². The maximum Gasteiger partial charge on any atom is 0.264 e. The van der Waals surface area contributed by atoms with Crippen molar-refractivity contribution in [2.45, 2.75) is 25.0 Å². The second kappa shape index (κ2) is 8.66. The van der Waals surface area contributed by atoms with Gasteiger partial charge in [0.1, 0.15) is 17.5 Å². The van der Waals surface area contributed by atoms with Crippen LogP contribution in [-0.2, 0) is 6.54 Å². The molecule has 2 aromatic heterocycles. The van der Waals surface area contributed by atoms with Gasteiger partial charge in [-0.05, 0) is 43.2 Å². The average Bonchev–Trinajstić information content (AvgIpc) is 3.28. The molecule has 5 rings (SSSR count). The molecule has 2 aromatic carbocycles. The number of nitrogens with zero attached hydrogens (tertiary/aromatic N) is 5. The van der Waals surface area contributed by atoms with Crippen LogP contribution in [-0.4, -0.2) is 53.9 Å². The summed E-state index contributed by atoms with van der Waals surface area (Å²) in [6.45, 7) is 0.636. The number of benzene rings is 2. The van der Waals surface area contributed by atoms with Gasteiger partial charge in [-0.25, -0.2) is 14.1 Å². The predicted molar refractivity (Wildman–Crippen MR) is 125 cm³/mol. The van der Waals surface area contributed by atoms with E-state index in [0.717, 1.165) is 11.8 Å². The summed E-state index contributed by atoms with van der Waals surface area (Å²) in [6.07, 6.45) is 3.46. The van der Waals surface area contributed by atoms with E-state index >= 15 is 0 Å². The summed E-state index contributed by atoms with van der Waals surface area (Å²) in [6, 6.07) is 13.2. The van der Waals surface area contributed by atoms with Gasteiger partial charge in [0.2, 0.25) is 0 Å². The zero-order chi connectivity index (χ0) is 23.9. The van der Waals surface area contributed by atoms with Gasteiger partial charge in [-0.3, -0.25) is 14.2 Å². The minimum atomic E-state index is -1.17. The topological polar surface area (TPSA) is 93.2 Å². The summed E-state index contributed by atoms with van der Waals surface area (Å²) in [5, 5.41) is 15.7. The first-order valence-corrected chi connectivity index (χ1v) is 11.2. The molecule has 0 aliphatic carbocycles. The van der Waals surface area contributed by atoms with E-state index < -0.39 is 11.4 Å². The van der Waals surface area contributed by atoms with Gasteiger partial charge in [0.25, 0.3) is 11.5 Å². The normalized spacial score (nSPS) is 15.6. The Morgan fingerprint density at radius 2 is 1.88 bits per heavy atom. The lowest BCUT2D eigenvalue weighted by atomic mass is 9.91. The summed E-state index contributed by atoms with van der Waals surface area (Å²) >= 11 is 5.80. The van der Waals surface area contributed by atoms with E-state index in [4.69, 9.17) is 11.6 Å². The lowest BCUT2D eigenvalue weighted by Gasteiger charge is -2.38. The third-order valence-corrected chi connectivity index (χ3v) is 6.46. The molecule has 0 spiro atoms. The third kappa shape index (κ3) is 4.08. The molecule has 0 unspecified atom stereocenters. The number of carbonyl (C=O) groups excluding carboxylic acids is 1. The van der Waals surface area contributed by atoms with Crippen molar-refractivity contribution < 1.29 is 14.3 Å². The van der Waals surface area contributed by atoms with Crippen LogP contribution >= 0.6 is 11.6 Å². The quantitative estimate of drug-likeness (QED) is 0.483. The van der Waals surface area contributed by atoms with Gasteiger partial charge < -0.3 is 10.0 Å². The van der Waals surface area contributed by atoms with Gasteiger partial charge in [-0.2, -0.15) is 5.10 Å². The second-order valence-corrected chi connectivity index (χ2v) is 8.86. The van der Waals surface area contributed by atoms with Gasteiger partial charge >= 0.3 is 0 Å². The molecule has 1 N–H and O–H groups in total. The van der Waals surface area contributed by atoms with Gasteiger partial charge in [-0.15, -0.1) is 0 Å². The molecule has 4 aromatic rings. The first-order chi connectivity index (χ1) is 16.3. The van der Waals surface area contributed by atoms with Crippen molar-refractivity contribution in [1.29, 1.82) is 0 Å². The Kier molecular flexibility index (Phi) is 5.66. The first-order valence-electron chi connectivity index (χ1n) is 10.8. The molecule has 1 aliphatic heterocycles.